The first-order valence-corrected chi connectivity index (χ1v) is 10.6. The molecule has 1 N–H and O–H groups in total. The largest absolute Gasteiger partial charge is 0.355 e. The summed E-state index contributed by atoms with van der Waals surface area (Å²) < 4.78 is 24.4. The second kappa shape index (κ2) is 7.94. The van der Waals surface area contributed by atoms with E-state index in [0.29, 0.717) is 32.5 Å². The molecule has 0 aromatic heterocycles. The molecule has 2 aliphatic rings. The fraction of sp³-hybridized carbons (Fsp3) is 0.938. The third-order valence-corrected chi connectivity index (χ3v) is 6.27. The highest BCUT2D eigenvalue weighted by atomic mass is 32.2. The standard InChI is InChI=1S/C16H31N3O3S/c1-13-10-14(2)12-18(11-13)9-6-17-16(20)15-4-7-19(8-5-15)23(3,21)22/h13-15H,4-12H2,1-3H3,(H,17,20). The molecule has 2 saturated heterocycles. The number of sulfonamides is 1. The number of hydrogen-bond acceptors (Lipinski definition) is 4. The molecule has 0 spiro atoms. The van der Waals surface area contributed by atoms with Crippen molar-refractivity contribution >= 4 is 15.9 Å². The quantitative estimate of drug-likeness (QED) is 0.798. The molecule has 0 radical (unpaired) electrons. The van der Waals surface area contributed by atoms with Crippen LogP contribution in [-0.2, 0) is 14.8 Å². The number of rotatable bonds is 5. The summed E-state index contributed by atoms with van der Waals surface area (Å²) in [6.07, 6.45) is 3.77. The Morgan fingerprint density at radius 3 is 2.22 bits per heavy atom. The van der Waals surface area contributed by atoms with E-state index in [9.17, 15) is 13.2 Å². The van der Waals surface area contributed by atoms with Crippen LogP contribution in [-0.4, -0.2) is 69.1 Å². The normalized spacial score (nSPS) is 28.7. The minimum absolute atomic E-state index is 0.0489. The third-order valence-electron chi connectivity index (χ3n) is 4.97. The highest BCUT2D eigenvalue weighted by molar-refractivity contribution is 7.88. The number of carbonyl (C=O) groups is 1. The van der Waals surface area contributed by atoms with Gasteiger partial charge in [0.1, 0.15) is 0 Å². The fourth-order valence-corrected chi connectivity index (χ4v) is 4.78. The Hall–Kier alpha value is -0.660. The zero-order valence-corrected chi connectivity index (χ0v) is 15.4. The maximum Gasteiger partial charge on any atom is 0.223 e. The highest BCUT2D eigenvalue weighted by Crippen LogP contribution is 2.21. The van der Waals surface area contributed by atoms with Crippen LogP contribution in [0.3, 0.4) is 0 Å². The van der Waals surface area contributed by atoms with E-state index in [0.717, 1.165) is 31.5 Å². The molecule has 2 atom stereocenters. The Morgan fingerprint density at radius 1 is 1.13 bits per heavy atom. The molecular formula is C16H31N3O3S. The van der Waals surface area contributed by atoms with E-state index < -0.39 is 10.0 Å². The molecule has 2 unspecified atom stereocenters. The summed E-state index contributed by atoms with van der Waals surface area (Å²) in [6.45, 7) is 9.32. The molecule has 2 rings (SSSR count). The van der Waals surface area contributed by atoms with Gasteiger partial charge in [-0.3, -0.25) is 4.79 Å². The van der Waals surface area contributed by atoms with Crippen molar-refractivity contribution in [2.24, 2.45) is 17.8 Å². The van der Waals surface area contributed by atoms with Crippen molar-refractivity contribution in [1.82, 2.24) is 14.5 Å². The van der Waals surface area contributed by atoms with E-state index >= 15 is 0 Å². The Labute approximate surface area is 140 Å². The lowest BCUT2D eigenvalue weighted by molar-refractivity contribution is -0.126. The summed E-state index contributed by atoms with van der Waals surface area (Å²) in [7, 11) is -3.12. The SMILES string of the molecule is CC1CC(C)CN(CCNC(=O)C2CCN(S(C)(=O)=O)CC2)C1. The van der Waals surface area contributed by atoms with Crippen LogP contribution in [0.5, 0.6) is 0 Å². The molecule has 2 aliphatic heterocycles. The average Bonchev–Trinajstić information content (AvgIpc) is 2.45. The van der Waals surface area contributed by atoms with Crippen LogP contribution in [0.25, 0.3) is 0 Å². The van der Waals surface area contributed by atoms with E-state index in [1.165, 1.54) is 17.0 Å². The summed E-state index contributed by atoms with van der Waals surface area (Å²) in [5.41, 5.74) is 0. The molecule has 0 bridgehead atoms. The monoisotopic (exact) mass is 345 g/mol. The van der Waals surface area contributed by atoms with Crippen molar-refractivity contribution in [2.75, 3.05) is 45.5 Å². The summed E-state index contributed by atoms with van der Waals surface area (Å²) >= 11 is 0. The Balaban J connectivity index is 1.68. The van der Waals surface area contributed by atoms with Crippen LogP contribution in [0.4, 0.5) is 0 Å². The zero-order valence-electron chi connectivity index (χ0n) is 14.6. The van der Waals surface area contributed by atoms with Crippen molar-refractivity contribution in [3.63, 3.8) is 0 Å². The van der Waals surface area contributed by atoms with Gasteiger partial charge in [0.15, 0.2) is 0 Å². The van der Waals surface area contributed by atoms with Gasteiger partial charge in [0.2, 0.25) is 15.9 Å². The van der Waals surface area contributed by atoms with Crippen LogP contribution in [0.15, 0.2) is 0 Å². The molecule has 23 heavy (non-hydrogen) atoms. The second-order valence-electron chi connectivity index (χ2n) is 7.43. The summed E-state index contributed by atoms with van der Waals surface area (Å²) in [5, 5.41) is 3.03. The van der Waals surface area contributed by atoms with Gasteiger partial charge in [0.25, 0.3) is 0 Å². The molecule has 0 aliphatic carbocycles. The number of nitrogens with zero attached hydrogens (tertiary/aromatic N) is 2. The lowest BCUT2D eigenvalue weighted by Gasteiger charge is -2.35. The molecule has 0 aromatic carbocycles. The summed E-state index contributed by atoms with van der Waals surface area (Å²) in [5.74, 6) is 1.49. The lowest BCUT2D eigenvalue weighted by atomic mass is 9.92. The van der Waals surface area contributed by atoms with Crippen LogP contribution < -0.4 is 5.32 Å². The molecule has 1 amide bonds. The first-order valence-electron chi connectivity index (χ1n) is 8.71. The molecule has 7 heteroatoms. The lowest BCUT2D eigenvalue weighted by Crippen LogP contribution is -2.45. The van der Waals surface area contributed by atoms with Gasteiger partial charge in [-0.05, 0) is 31.1 Å². The minimum atomic E-state index is -3.12. The van der Waals surface area contributed by atoms with E-state index in [2.05, 4.69) is 24.1 Å². The predicted octanol–water partition coefficient (Wildman–Crippen LogP) is 0.752. The number of piperidine rings is 2. The first kappa shape index (κ1) is 18.7. The number of amides is 1. The number of carbonyl (C=O) groups excluding carboxylic acids is 1. The minimum Gasteiger partial charge on any atom is -0.355 e. The second-order valence-corrected chi connectivity index (χ2v) is 9.42. The van der Waals surface area contributed by atoms with Gasteiger partial charge in [-0.1, -0.05) is 13.8 Å². The zero-order chi connectivity index (χ0) is 17.0. The van der Waals surface area contributed by atoms with E-state index in [4.69, 9.17) is 0 Å². The predicted molar refractivity (Wildman–Crippen MR) is 91.5 cm³/mol. The van der Waals surface area contributed by atoms with Crippen LogP contribution in [0, 0.1) is 17.8 Å². The van der Waals surface area contributed by atoms with Crippen molar-refractivity contribution in [2.45, 2.75) is 33.1 Å². The van der Waals surface area contributed by atoms with Gasteiger partial charge in [0.05, 0.1) is 6.26 Å². The maximum absolute atomic E-state index is 12.2. The Morgan fingerprint density at radius 2 is 1.70 bits per heavy atom. The molecule has 6 nitrogen and oxygen atoms in total. The topological polar surface area (TPSA) is 69.7 Å². The van der Waals surface area contributed by atoms with E-state index in [-0.39, 0.29) is 11.8 Å². The van der Waals surface area contributed by atoms with Gasteiger partial charge in [-0.25, -0.2) is 12.7 Å². The Bertz CT molecular complexity index is 491. The van der Waals surface area contributed by atoms with Gasteiger partial charge in [-0.2, -0.15) is 0 Å². The molecule has 0 aromatic rings. The van der Waals surface area contributed by atoms with Gasteiger partial charge >= 0.3 is 0 Å². The summed E-state index contributed by atoms with van der Waals surface area (Å²) in [4.78, 5) is 14.7. The van der Waals surface area contributed by atoms with Gasteiger partial charge in [0, 0.05) is 45.2 Å². The maximum atomic E-state index is 12.2. The van der Waals surface area contributed by atoms with Gasteiger partial charge < -0.3 is 10.2 Å². The molecular weight excluding hydrogens is 314 g/mol. The van der Waals surface area contributed by atoms with Crippen molar-refractivity contribution in [3.05, 3.63) is 0 Å². The van der Waals surface area contributed by atoms with E-state index in [1.54, 1.807) is 0 Å². The van der Waals surface area contributed by atoms with Crippen molar-refractivity contribution in [1.29, 1.82) is 0 Å². The third kappa shape index (κ3) is 5.72. The number of hydrogen-bond donors (Lipinski definition) is 1. The average molecular weight is 346 g/mol. The summed E-state index contributed by atoms with van der Waals surface area (Å²) in [6, 6.07) is 0. The smallest absolute Gasteiger partial charge is 0.223 e. The molecule has 134 valence electrons. The Kier molecular flexibility index (Phi) is 6.45. The van der Waals surface area contributed by atoms with Crippen molar-refractivity contribution < 1.29 is 13.2 Å². The van der Waals surface area contributed by atoms with Crippen LogP contribution >= 0.6 is 0 Å². The number of nitrogens with one attached hydrogen (secondary N) is 1. The van der Waals surface area contributed by atoms with Gasteiger partial charge in [-0.15, -0.1) is 0 Å². The molecule has 2 heterocycles. The molecule has 2 fully saturated rings. The van der Waals surface area contributed by atoms with E-state index in [1.807, 2.05) is 0 Å². The number of likely N-dealkylation sites (tertiary alicyclic amines) is 1. The van der Waals surface area contributed by atoms with Crippen molar-refractivity contribution in [3.8, 4) is 0 Å². The molecule has 0 saturated carbocycles. The fourth-order valence-electron chi connectivity index (χ4n) is 3.91. The first-order chi connectivity index (χ1) is 10.8. The van der Waals surface area contributed by atoms with Crippen LogP contribution in [0.1, 0.15) is 33.1 Å². The van der Waals surface area contributed by atoms with Crippen LogP contribution in [0.2, 0.25) is 0 Å². The highest BCUT2D eigenvalue weighted by Gasteiger charge is 2.29.